The molecule has 5 heterocycles. The first-order valence-electron chi connectivity index (χ1n) is 17.0. The lowest BCUT2D eigenvalue weighted by Gasteiger charge is -2.20. The lowest BCUT2D eigenvalue weighted by molar-refractivity contribution is 0.590. The summed E-state index contributed by atoms with van der Waals surface area (Å²) in [7, 11) is 0. The van der Waals surface area contributed by atoms with Crippen molar-refractivity contribution < 1.29 is 4.42 Å². The average Bonchev–Trinajstić information content (AvgIpc) is 3.78. The monoisotopic (exact) mass is 612 g/mol. The van der Waals surface area contributed by atoms with Crippen LogP contribution in [-0.2, 0) is 16.2 Å². The van der Waals surface area contributed by atoms with E-state index in [4.69, 9.17) is 4.42 Å². The fourth-order valence-corrected chi connectivity index (χ4v) is 8.41. The van der Waals surface area contributed by atoms with Gasteiger partial charge in [-0.05, 0) is 81.5 Å². The third-order valence-electron chi connectivity index (χ3n) is 11.0. The van der Waals surface area contributed by atoms with E-state index in [1.165, 1.54) is 87.5 Å². The Balaban J connectivity index is 1.53. The van der Waals surface area contributed by atoms with Gasteiger partial charge in [-0.15, -0.1) is 0 Å². The Morgan fingerprint density at radius 1 is 0.404 bits per heavy atom. The molecule has 0 radical (unpaired) electrons. The van der Waals surface area contributed by atoms with Crippen LogP contribution in [-0.4, -0.2) is 8.80 Å². The first-order valence-corrected chi connectivity index (χ1v) is 17.0. The van der Waals surface area contributed by atoms with E-state index < -0.39 is 0 Å². The van der Waals surface area contributed by atoms with E-state index >= 15 is 0 Å². The molecule has 0 aliphatic carbocycles. The third kappa shape index (κ3) is 3.32. The number of furan rings is 1. The van der Waals surface area contributed by atoms with Crippen LogP contribution in [0.5, 0.6) is 0 Å². The summed E-state index contributed by atoms with van der Waals surface area (Å²) in [6.45, 7) is 20.9. The molecule has 0 fully saturated rings. The highest BCUT2D eigenvalue weighted by atomic mass is 16.3. The van der Waals surface area contributed by atoms with Crippen molar-refractivity contribution in [3.05, 3.63) is 95.6 Å². The molecule has 0 atom stereocenters. The molecule has 47 heavy (non-hydrogen) atoms. The van der Waals surface area contributed by atoms with Gasteiger partial charge in [0.1, 0.15) is 11.1 Å². The summed E-state index contributed by atoms with van der Waals surface area (Å²) < 4.78 is 11.9. The van der Waals surface area contributed by atoms with Crippen LogP contribution in [0.25, 0.3) is 87.4 Å². The molecule has 0 amide bonds. The van der Waals surface area contributed by atoms with Crippen molar-refractivity contribution in [2.75, 3.05) is 0 Å². The topological polar surface area (TPSA) is 22.0 Å². The molecule has 3 heteroatoms. The van der Waals surface area contributed by atoms with Gasteiger partial charge >= 0.3 is 0 Å². The highest BCUT2D eigenvalue weighted by molar-refractivity contribution is 6.33. The highest BCUT2D eigenvalue weighted by Gasteiger charge is 2.30. The molecule has 0 saturated carbocycles. The van der Waals surface area contributed by atoms with E-state index in [0.29, 0.717) is 0 Å². The smallest absolute Gasteiger partial charge is 0.161 e. The fourth-order valence-electron chi connectivity index (χ4n) is 8.41. The van der Waals surface area contributed by atoms with Crippen LogP contribution in [0.4, 0.5) is 0 Å². The van der Waals surface area contributed by atoms with Gasteiger partial charge in [0.05, 0.1) is 27.6 Å². The number of aromatic nitrogens is 2. The van der Waals surface area contributed by atoms with Gasteiger partial charge in [0, 0.05) is 43.1 Å². The largest absolute Gasteiger partial charge is 0.454 e. The Hall–Kier alpha value is -4.76. The van der Waals surface area contributed by atoms with E-state index in [-0.39, 0.29) is 16.2 Å². The zero-order valence-corrected chi connectivity index (χ0v) is 28.8. The Labute approximate surface area is 274 Å². The van der Waals surface area contributed by atoms with Gasteiger partial charge in [-0.2, -0.15) is 0 Å². The second-order valence-corrected chi connectivity index (χ2v) is 17.1. The Kier molecular flexibility index (Phi) is 4.77. The lowest BCUT2D eigenvalue weighted by atomic mass is 9.84. The van der Waals surface area contributed by atoms with E-state index in [9.17, 15) is 0 Å². The van der Waals surface area contributed by atoms with Gasteiger partial charge in [0.15, 0.2) is 5.58 Å². The van der Waals surface area contributed by atoms with Gasteiger partial charge in [-0.1, -0.05) is 92.6 Å². The molecule has 5 aromatic carbocycles. The van der Waals surface area contributed by atoms with Gasteiger partial charge < -0.3 is 13.2 Å². The SMILES string of the molecule is CC(C)(C)c1ccc2c(c1)c1cc(C(C)(C)C)cc3c4ccc5c6cc(C(C)(C)C)cc7c8oc9ccccc9c8n(c67)c5c4n2c13. The van der Waals surface area contributed by atoms with Crippen molar-refractivity contribution in [1.82, 2.24) is 8.80 Å². The minimum absolute atomic E-state index is 0.00222. The van der Waals surface area contributed by atoms with Crippen LogP contribution in [0.3, 0.4) is 0 Å². The van der Waals surface area contributed by atoms with E-state index in [0.717, 1.165) is 16.6 Å². The molecule has 5 aromatic heterocycles. The Morgan fingerprint density at radius 3 is 1.53 bits per heavy atom. The fraction of sp³-hybridized carbons (Fsp3) is 0.273. The summed E-state index contributed by atoms with van der Waals surface area (Å²) in [5, 5.41) is 10.3. The Morgan fingerprint density at radius 2 is 0.915 bits per heavy atom. The van der Waals surface area contributed by atoms with Crippen molar-refractivity contribution in [1.29, 1.82) is 0 Å². The summed E-state index contributed by atoms with van der Waals surface area (Å²) >= 11 is 0. The van der Waals surface area contributed by atoms with E-state index in [2.05, 4.69) is 150 Å². The molecule has 0 N–H and O–H groups in total. The molecule has 0 saturated heterocycles. The van der Waals surface area contributed by atoms with Crippen LogP contribution >= 0.6 is 0 Å². The number of benzene rings is 5. The number of hydrogen-bond acceptors (Lipinski definition) is 1. The highest BCUT2D eigenvalue weighted by Crippen LogP contribution is 2.49. The summed E-state index contributed by atoms with van der Waals surface area (Å²) in [6, 6.07) is 30.2. The zero-order valence-electron chi connectivity index (χ0n) is 28.8. The molecule has 10 aromatic rings. The molecular formula is C44H40N2O. The van der Waals surface area contributed by atoms with Gasteiger partial charge in [-0.25, -0.2) is 0 Å². The van der Waals surface area contributed by atoms with Crippen LogP contribution in [0.1, 0.15) is 79.0 Å². The number of nitrogens with zero attached hydrogens (tertiary/aromatic N) is 2. The quantitative estimate of drug-likeness (QED) is 0.167. The first kappa shape index (κ1) is 27.4. The van der Waals surface area contributed by atoms with E-state index in [1.807, 2.05) is 0 Å². The normalized spacial score (nSPS) is 14.1. The first-order chi connectivity index (χ1) is 22.2. The summed E-state index contributed by atoms with van der Waals surface area (Å²) in [5.41, 5.74) is 13.7. The maximum absolute atomic E-state index is 6.72. The van der Waals surface area contributed by atoms with Crippen molar-refractivity contribution >= 4 is 87.4 Å². The molecule has 0 aliphatic heterocycles. The van der Waals surface area contributed by atoms with Crippen molar-refractivity contribution in [3.63, 3.8) is 0 Å². The Bertz CT molecular complexity index is 2940. The van der Waals surface area contributed by atoms with Crippen molar-refractivity contribution in [2.24, 2.45) is 0 Å². The minimum Gasteiger partial charge on any atom is -0.454 e. The molecule has 232 valence electrons. The van der Waals surface area contributed by atoms with Crippen LogP contribution < -0.4 is 0 Å². The van der Waals surface area contributed by atoms with Crippen LogP contribution in [0.2, 0.25) is 0 Å². The minimum atomic E-state index is -0.00222. The number of hydrogen-bond donors (Lipinski definition) is 0. The predicted octanol–water partition coefficient (Wildman–Crippen LogP) is 12.6. The third-order valence-corrected chi connectivity index (χ3v) is 11.0. The number of rotatable bonds is 0. The summed E-state index contributed by atoms with van der Waals surface area (Å²) in [4.78, 5) is 0. The second-order valence-electron chi connectivity index (χ2n) is 17.1. The molecular weight excluding hydrogens is 572 g/mol. The summed E-state index contributed by atoms with van der Waals surface area (Å²) in [5.74, 6) is 0. The van der Waals surface area contributed by atoms with Gasteiger partial charge in [-0.3, -0.25) is 0 Å². The second kappa shape index (κ2) is 8.20. The van der Waals surface area contributed by atoms with Gasteiger partial charge in [0.2, 0.25) is 0 Å². The standard InChI is InChI=1S/C44H40N2O/c1-42(2,3)23-14-17-34-29(18-23)32-21-24(43(4,5)6)19-30-26-15-16-27-31-20-25(44(7,8)9)22-33-37(31)46(39(27)38(26)45(34)36(30)32)40-28-12-10-11-13-35(28)47-41(33)40/h10-22H,1-9H3. The van der Waals surface area contributed by atoms with Gasteiger partial charge in [0.25, 0.3) is 0 Å². The summed E-state index contributed by atoms with van der Waals surface area (Å²) in [6.07, 6.45) is 0. The predicted molar refractivity (Wildman–Crippen MR) is 202 cm³/mol. The molecule has 0 bridgehead atoms. The molecule has 0 unspecified atom stereocenters. The average molecular weight is 613 g/mol. The van der Waals surface area contributed by atoms with Crippen LogP contribution in [0.15, 0.2) is 83.3 Å². The maximum atomic E-state index is 6.72. The van der Waals surface area contributed by atoms with E-state index in [1.54, 1.807) is 0 Å². The number of para-hydroxylation sites is 1. The molecule has 0 spiro atoms. The lowest BCUT2D eigenvalue weighted by Crippen LogP contribution is -2.11. The van der Waals surface area contributed by atoms with Crippen molar-refractivity contribution in [2.45, 2.75) is 78.6 Å². The van der Waals surface area contributed by atoms with Crippen LogP contribution in [0, 0.1) is 0 Å². The van der Waals surface area contributed by atoms with Crippen molar-refractivity contribution in [3.8, 4) is 0 Å². The number of fused-ring (bicyclic) bond motifs is 15. The maximum Gasteiger partial charge on any atom is 0.161 e. The molecule has 3 nitrogen and oxygen atoms in total. The molecule has 0 aliphatic rings. The zero-order chi connectivity index (χ0) is 32.5. The molecule has 10 rings (SSSR count).